The van der Waals surface area contributed by atoms with E-state index in [1.165, 1.54) is 0 Å². The Morgan fingerprint density at radius 1 is 1.22 bits per heavy atom. The number of methoxy groups -OCH3 is 1. The summed E-state index contributed by atoms with van der Waals surface area (Å²) in [7, 11) is 1.66. The Morgan fingerprint density at radius 3 is 2.83 bits per heavy atom. The predicted molar refractivity (Wildman–Crippen MR) is 91.6 cm³/mol. The number of aromatic nitrogens is 1. The van der Waals surface area contributed by atoms with Crippen LogP contribution in [0.15, 0.2) is 48.7 Å². The molecule has 1 amide bonds. The van der Waals surface area contributed by atoms with Crippen molar-refractivity contribution in [1.29, 1.82) is 0 Å². The maximum atomic E-state index is 12.2. The van der Waals surface area contributed by atoms with Crippen molar-refractivity contribution in [2.24, 2.45) is 0 Å². The molecule has 23 heavy (non-hydrogen) atoms. The van der Waals surface area contributed by atoms with E-state index in [2.05, 4.69) is 10.3 Å². The lowest BCUT2D eigenvalue weighted by Crippen LogP contribution is -2.24. The SMILES string of the molecule is COc1ccc(CNC(=O)Cc2c[nH]c3ccccc23)cc1C. The van der Waals surface area contributed by atoms with Gasteiger partial charge in [-0.25, -0.2) is 0 Å². The number of hydrogen-bond donors (Lipinski definition) is 2. The summed E-state index contributed by atoms with van der Waals surface area (Å²) in [5.74, 6) is 0.877. The number of nitrogens with one attached hydrogen (secondary N) is 2. The van der Waals surface area contributed by atoms with Gasteiger partial charge in [0.2, 0.25) is 5.91 Å². The summed E-state index contributed by atoms with van der Waals surface area (Å²) in [6, 6.07) is 13.9. The van der Waals surface area contributed by atoms with Crippen LogP contribution in [0.1, 0.15) is 16.7 Å². The van der Waals surface area contributed by atoms with Crippen LogP contribution in [0.3, 0.4) is 0 Å². The van der Waals surface area contributed by atoms with Crippen LogP contribution in [0.2, 0.25) is 0 Å². The van der Waals surface area contributed by atoms with Crippen molar-refractivity contribution < 1.29 is 9.53 Å². The topological polar surface area (TPSA) is 54.1 Å². The van der Waals surface area contributed by atoms with Crippen LogP contribution >= 0.6 is 0 Å². The maximum Gasteiger partial charge on any atom is 0.224 e. The molecule has 3 aromatic rings. The van der Waals surface area contributed by atoms with Gasteiger partial charge in [-0.1, -0.05) is 30.3 Å². The second-order valence-corrected chi connectivity index (χ2v) is 5.62. The molecule has 0 fully saturated rings. The van der Waals surface area contributed by atoms with Crippen LogP contribution in [-0.4, -0.2) is 18.0 Å². The van der Waals surface area contributed by atoms with Gasteiger partial charge in [0.25, 0.3) is 0 Å². The number of rotatable bonds is 5. The van der Waals surface area contributed by atoms with Crippen molar-refractivity contribution in [2.45, 2.75) is 19.9 Å². The van der Waals surface area contributed by atoms with E-state index in [0.29, 0.717) is 13.0 Å². The summed E-state index contributed by atoms with van der Waals surface area (Å²) in [5, 5.41) is 4.07. The zero-order valence-electron chi connectivity index (χ0n) is 13.3. The van der Waals surface area contributed by atoms with Crippen molar-refractivity contribution in [3.63, 3.8) is 0 Å². The van der Waals surface area contributed by atoms with Crippen molar-refractivity contribution in [2.75, 3.05) is 7.11 Å². The van der Waals surface area contributed by atoms with Crippen LogP contribution in [0, 0.1) is 6.92 Å². The summed E-state index contributed by atoms with van der Waals surface area (Å²) in [6.45, 7) is 2.52. The van der Waals surface area contributed by atoms with Gasteiger partial charge in [0.15, 0.2) is 0 Å². The molecule has 2 N–H and O–H groups in total. The molecule has 1 aromatic heterocycles. The van der Waals surface area contributed by atoms with Gasteiger partial charge in [0.05, 0.1) is 13.5 Å². The highest BCUT2D eigenvalue weighted by Crippen LogP contribution is 2.19. The van der Waals surface area contributed by atoms with Gasteiger partial charge in [-0.05, 0) is 35.7 Å². The Kier molecular flexibility index (Phi) is 4.33. The number of benzene rings is 2. The van der Waals surface area contributed by atoms with Gasteiger partial charge >= 0.3 is 0 Å². The minimum Gasteiger partial charge on any atom is -0.496 e. The molecule has 0 radical (unpaired) electrons. The standard InChI is InChI=1S/C19H20N2O2/c1-13-9-14(7-8-18(13)23-2)11-21-19(22)10-15-12-20-17-6-4-3-5-16(15)17/h3-9,12,20H,10-11H2,1-2H3,(H,21,22). The molecule has 0 bridgehead atoms. The quantitative estimate of drug-likeness (QED) is 0.759. The Bertz CT molecular complexity index is 836. The zero-order valence-corrected chi connectivity index (χ0v) is 13.3. The smallest absolute Gasteiger partial charge is 0.224 e. The number of aromatic amines is 1. The van der Waals surface area contributed by atoms with Crippen molar-refractivity contribution >= 4 is 16.8 Å². The molecular formula is C19H20N2O2. The predicted octanol–water partition coefficient (Wildman–Crippen LogP) is 3.34. The molecule has 0 spiro atoms. The molecule has 118 valence electrons. The molecule has 0 saturated heterocycles. The highest BCUT2D eigenvalue weighted by atomic mass is 16.5. The fourth-order valence-electron chi connectivity index (χ4n) is 2.76. The number of H-pyrrole nitrogens is 1. The van der Waals surface area contributed by atoms with Gasteiger partial charge in [-0.2, -0.15) is 0 Å². The zero-order chi connectivity index (χ0) is 16.2. The minimum absolute atomic E-state index is 0.0169. The van der Waals surface area contributed by atoms with E-state index >= 15 is 0 Å². The number of amides is 1. The third-order valence-electron chi connectivity index (χ3n) is 3.97. The summed E-state index contributed by atoms with van der Waals surface area (Å²) < 4.78 is 5.25. The molecule has 0 unspecified atom stereocenters. The second kappa shape index (κ2) is 6.57. The first-order valence-electron chi connectivity index (χ1n) is 7.62. The minimum atomic E-state index is 0.0169. The molecule has 0 aliphatic heterocycles. The number of fused-ring (bicyclic) bond motifs is 1. The summed E-state index contributed by atoms with van der Waals surface area (Å²) >= 11 is 0. The molecule has 0 aliphatic carbocycles. The first-order valence-corrected chi connectivity index (χ1v) is 7.62. The lowest BCUT2D eigenvalue weighted by molar-refractivity contribution is -0.120. The fraction of sp³-hybridized carbons (Fsp3) is 0.211. The van der Waals surface area contributed by atoms with Crippen molar-refractivity contribution in [1.82, 2.24) is 10.3 Å². The summed E-state index contributed by atoms with van der Waals surface area (Å²) in [4.78, 5) is 15.4. The van der Waals surface area contributed by atoms with Gasteiger partial charge in [-0.15, -0.1) is 0 Å². The molecule has 0 saturated carbocycles. The monoisotopic (exact) mass is 308 g/mol. The van der Waals surface area contributed by atoms with Crippen LogP contribution in [0.5, 0.6) is 5.75 Å². The van der Waals surface area contributed by atoms with Crippen LogP contribution in [0.25, 0.3) is 10.9 Å². The second-order valence-electron chi connectivity index (χ2n) is 5.62. The molecular weight excluding hydrogens is 288 g/mol. The third kappa shape index (κ3) is 3.37. The van der Waals surface area contributed by atoms with Gasteiger partial charge < -0.3 is 15.0 Å². The molecule has 1 heterocycles. The molecule has 0 aliphatic rings. The van der Waals surface area contributed by atoms with E-state index in [9.17, 15) is 4.79 Å². The average molecular weight is 308 g/mol. The Balaban J connectivity index is 1.62. The van der Waals surface area contributed by atoms with Crippen LogP contribution in [0.4, 0.5) is 0 Å². The van der Waals surface area contributed by atoms with Crippen LogP contribution in [-0.2, 0) is 17.8 Å². The van der Waals surface area contributed by atoms with E-state index in [4.69, 9.17) is 4.74 Å². The molecule has 0 atom stereocenters. The summed E-state index contributed by atoms with van der Waals surface area (Å²) in [6.07, 6.45) is 2.28. The third-order valence-corrected chi connectivity index (χ3v) is 3.97. The van der Waals surface area contributed by atoms with Gasteiger partial charge in [-0.3, -0.25) is 4.79 Å². The van der Waals surface area contributed by atoms with Crippen molar-refractivity contribution in [3.8, 4) is 5.75 Å². The Hall–Kier alpha value is -2.75. The lowest BCUT2D eigenvalue weighted by atomic mass is 10.1. The number of carbonyl (C=O) groups excluding carboxylic acids is 1. The Morgan fingerprint density at radius 2 is 2.04 bits per heavy atom. The number of ether oxygens (including phenoxy) is 1. The van der Waals surface area contributed by atoms with E-state index in [-0.39, 0.29) is 5.91 Å². The molecule has 4 heteroatoms. The Labute approximate surface area is 135 Å². The molecule has 3 rings (SSSR count). The number of carbonyl (C=O) groups is 1. The largest absolute Gasteiger partial charge is 0.496 e. The van der Waals surface area contributed by atoms with E-state index in [1.54, 1.807) is 7.11 Å². The number of para-hydroxylation sites is 1. The lowest BCUT2D eigenvalue weighted by Gasteiger charge is -2.08. The number of hydrogen-bond acceptors (Lipinski definition) is 2. The number of aryl methyl sites for hydroxylation is 1. The van der Waals surface area contributed by atoms with E-state index in [1.807, 2.05) is 55.6 Å². The first-order chi connectivity index (χ1) is 11.2. The van der Waals surface area contributed by atoms with Gasteiger partial charge in [0, 0.05) is 23.6 Å². The maximum absolute atomic E-state index is 12.2. The van der Waals surface area contributed by atoms with E-state index < -0.39 is 0 Å². The highest BCUT2D eigenvalue weighted by molar-refractivity contribution is 5.88. The van der Waals surface area contributed by atoms with E-state index in [0.717, 1.165) is 33.3 Å². The van der Waals surface area contributed by atoms with Gasteiger partial charge in [0.1, 0.15) is 5.75 Å². The first kappa shape index (κ1) is 15.2. The summed E-state index contributed by atoms with van der Waals surface area (Å²) in [5.41, 5.74) is 4.21. The molecule has 4 nitrogen and oxygen atoms in total. The average Bonchev–Trinajstić information content (AvgIpc) is 2.96. The van der Waals surface area contributed by atoms with Crippen molar-refractivity contribution in [3.05, 3.63) is 65.4 Å². The normalized spacial score (nSPS) is 10.7. The highest BCUT2D eigenvalue weighted by Gasteiger charge is 2.08. The molecule has 2 aromatic carbocycles. The van der Waals surface area contributed by atoms with Crippen LogP contribution < -0.4 is 10.1 Å². The fourth-order valence-corrected chi connectivity index (χ4v) is 2.76.